The van der Waals surface area contributed by atoms with Crippen molar-refractivity contribution in [2.24, 2.45) is 0 Å². The van der Waals surface area contributed by atoms with Crippen LogP contribution in [0.25, 0.3) is 6.08 Å². The van der Waals surface area contributed by atoms with Gasteiger partial charge in [-0.25, -0.2) is 0 Å². The van der Waals surface area contributed by atoms with Gasteiger partial charge in [-0.05, 0) is 35.4 Å². The monoisotopic (exact) mass is 445 g/mol. The number of carbonyl (C=O) groups excluding carboxylic acids is 2. The Hall–Kier alpha value is -3.68. The average Bonchev–Trinajstić information content (AvgIpc) is 3.37. The van der Waals surface area contributed by atoms with Crippen molar-refractivity contribution in [2.75, 3.05) is 26.3 Å². The summed E-state index contributed by atoms with van der Waals surface area (Å²) in [6.07, 6.45) is 3.04. The minimum absolute atomic E-state index is 0.115. The fourth-order valence-electron chi connectivity index (χ4n) is 3.61. The lowest BCUT2D eigenvalue weighted by Crippen LogP contribution is -2.36. The van der Waals surface area contributed by atoms with Crippen LogP contribution in [0.4, 0.5) is 0 Å². The van der Waals surface area contributed by atoms with Crippen LogP contribution < -0.4 is 10.6 Å². The van der Waals surface area contributed by atoms with Crippen molar-refractivity contribution >= 4 is 17.9 Å². The molecule has 0 bridgehead atoms. The molecule has 0 spiro atoms. The molecule has 7 nitrogen and oxygen atoms in total. The van der Waals surface area contributed by atoms with Gasteiger partial charge >= 0.3 is 0 Å². The van der Waals surface area contributed by atoms with Gasteiger partial charge in [0.2, 0.25) is 0 Å². The number of rotatable bonds is 8. The van der Waals surface area contributed by atoms with Crippen LogP contribution in [0.15, 0.2) is 83.1 Å². The normalized spacial score (nSPS) is 14.6. The Bertz CT molecular complexity index is 1090. The molecule has 2 N–H and O–H groups in total. The third kappa shape index (κ3) is 6.41. The second kappa shape index (κ2) is 11.3. The number of benzene rings is 2. The van der Waals surface area contributed by atoms with Gasteiger partial charge in [0.25, 0.3) is 11.8 Å². The van der Waals surface area contributed by atoms with Gasteiger partial charge < -0.3 is 19.8 Å². The van der Waals surface area contributed by atoms with Gasteiger partial charge in [0, 0.05) is 37.8 Å². The van der Waals surface area contributed by atoms with Gasteiger partial charge in [0.15, 0.2) is 0 Å². The molecule has 1 fully saturated rings. The number of morpholine rings is 1. The lowest BCUT2D eigenvalue weighted by molar-refractivity contribution is -0.117. The summed E-state index contributed by atoms with van der Waals surface area (Å²) in [5, 5.41) is 5.66. The summed E-state index contributed by atoms with van der Waals surface area (Å²) >= 11 is 0. The van der Waals surface area contributed by atoms with E-state index in [1.165, 1.54) is 12.3 Å². The molecular weight excluding hydrogens is 418 g/mol. The molecule has 3 aromatic rings. The van der Waals surface area contributed by atoms with E-state index in [0.717, 1.165) is 44.0 Å². The Kier molecular flexibility index (Phi) is 7.68. The topological polar surface area (TPSA) is 83.8 Å². The van der Waals surface area contributed by atoms with Crippen LogP contribution in [-0.4, -0.2) is 43.0 Å². The largest absolute Gasteiger partial charge is 0.465 e. The van der Waals surface area contributed by atoms with Crippen molar-refractivity contribution < 1.29 is 18.7 Å². The molecule has 0 radical (unpaired) electrons. The predicted molar refractivity (Wildman–Crippen MR) is 125 cm³/mol. The first kappa shape index (κ1) is 22.5. The van der Waals surface area contributed by atoms with Crippen molar-refractivity contribution in [2.45, 2.75) is 13.1 Å². The quantitative estimate of drug-likeness (QED) is 0.521. The third-order valence-electron chi connectivity index (χ3n) is 5.41. The molecule has 4 rings (SSSR count). The van der Waals surface area contributed by atoms with Crippen molar-refractivity contribution in [3.8, 4) is 0 Å². The van der Waals surface area contributed by atoms with Crippen molar-refractivity contribution in [1.29, 1.82) is 0 Å². The van der Waals surface area contributed by atoms with Crippen LogP contribution in [0.5, 0.6) is 0 Å². The number of furan rings is 1. The summed E-state index contributed by atoms with van der Waals surface area (Å²) in [4.78, 5) is 28.0. The molecule has 1 aromatic heterocycles. The molecule has 0 aliphatic carbocycles. The lowest BCUT2D eigenvalue weighted by atomic mass is 10.1. The van der Waals surface area contributed by atoms with Gasteiger partial charge in [-0.1, -0.05) is 42.5 Å². The zero-order chi connectivity index (χ0) is 22.9. The van der Waals surface area contributed by atoms with Crippen molar-refractivity contribution in [3.05, 3.63) is 101 Å². The fourth-order valence-corrected chi connectivity index (χ4v) is 3.61. The Morgan fingerprint density at radius 3 is 2.36 bits per heavy atom. The summed E-state index contributed by atoms with van der Waals surface area (Å²) in [6, 6.07) is 20.3. The Morgan fingerprint density at radius 2 is 1.64 bits per heavy atom. The maximum absolute atomic E-state index is 13.0. The van der Waals surface area contributed by atoms with Gasteiger partial charge in [0.05, 0.1) is 19.5 Å². The molecule has 33 heavy (non-hydrogen) atoms. The Morgan fingerprint density at radius 1 is 0.909 bits per heavy atom. The minimum atomic E-state index is -0.392. The van der Waals surface area contributed by atoms with E-state index < -0.39 is 5.91 Å². The van der Waals surface area contributed by atoms with Crippen molar-refractivity contribution in [1.82, 2.24) is 15.5 Å². The molecule has 2 heterocycles. The number of nitrogens with zero attached hydrogens (tertiary/aromatic N) is 1. The Labute approximate surface area is 193 Å². The van der Waals surface area contributed by atoms with Crippen LogP contribution in [0.1, 0.15) is 27.2 Å². The molecule has 0 unspecified atom stereocenters. The molecule has 2 aromatic carbocycles. The maximum atomic E-state index is 13.0. The summed E-state index contributed by atoms with van der Waals surface area (Å²) in [5.74, 6) is -0.283. The number of hydrogen-bond acceptors (Lipinski definition) is 5. The van der Waals surface area contributed by atoms with Crippen LogP contribution in [0, 0.1) is 0 Å². The van der Waals surface area contributed by atoms with Gasteiger partial charge in [-0.15, -0.1) is 0 Å². The number of carbonyl (C=O) groups is 2. The van der Waals surface area contributed by atoms with E-state index in [9.17, 15) is 9.59 Å². The highest BCUT2D eigenvalue weighted by atomic mass is 16.5. The van der Waals surface area contributed by atoms with E-state index in [4.69, 9.17) is 9.15 Å². The van der Waals surface area contributed by atoms with E-state index in [1.54, 1.807) is 36.4 Å². The summed E-state index contributed by atoms with van der Waals surface area (Å²) in [5.41, 5.74) is 2.77. The molecule has 2 amide bonds. The smallest absolute Gasteiger partial charge is 0.268 e. The first-order chi connectivity index (χ1) is 16.2. The first-order valence-corrected chi connectivity index (χ1v) is 11.0. The minimum Gasteiger partial charge on any atom is -0.465 e. The maximum Gasteiger partial charge on any atom is 0.268 e. The molecule has 170 valence electrons. The summed E-state index contributed by atoms with van der Waals surface area (Å²) < 4.78 is 10.8. The standard InChI is InChI=1S/C26H27N3O4/c30-25(20-7-2-1-3-8-20)28-24(17-23-11-6-14-33-23)26(31)27-18-21-9-4-5-10-22(21)19-29-12-15-32-16-13-29/h1-11,14,17H,12-13,15-16,18-19H2,(H,27,31)(H,28,30). The second-order valence-electron chi connectivity index (χ2n) is 7.73. The van der Waals surface area contributed by atoms with E-state index in [2.05, 4.69) is 21.6 Å². The molecule has 0 saturated carbocycles. The molecule has 7 heteroatoms. The van der Waals surface area contributed by atoms with Crippen LogP contribution in [0.2, 0.25) is 0 Å². The van der Waals surface area contributed by atoms with E-state index >= 15 is 0 Å². The predicted octanol–water partition coefficient (Wildman–Crippen LogP) is 3.20. The summed E-state index contributed by atoms with van der Waals surface area (Å²) in [6.45, 7) is 4.40. The highest BCUT2D eigenvalue weighted by Crippen LogP contribution is 2.14. The van der Waals surface area contributed by atoms with E-state index in [1.807, 2.05) is 24.3 Å². The number of amides is 2. The molecule has 1 aliphatic heterocycles. The molecule has 0 atom stereocenters. The van der Waals surface area contributed by atoms with Crippen LogP contribution in [-0.2, 0) is 22.6 Å². The highest BCUT2D eigenvalue weighted by molar-refractivity contribution is 6.05. The Balaban J connectivity index is 1.46. The number of ether oxygens (including phenoxy) is 1. The number of nitrogens with one attached hydrogen (secondary N) is 2. The van der Waals surface area contributed by atoms with Crippen LogP contribution >= 0.6 is 0 Å². The molecule has 1 saturated heterocycles. The van der Waals surface area contributed by atoms with Gasteiger partial charge in [0.1, 0.15) is 11.5 Å². The van der Waals surface area contributed by atoms with Gasteiger partial charge in [-0.3, -0.25) is 14.5 Å². The zero-order valence-electron chi connectivity index (χ0n) is 18.3. The average molecular weight is 446 g/mol. The van der Waals surface area contributed by atoms with E-state index in [-0.39, 0.29) is 11.6 Å². The second-order valence-corrected chi connectivity index (χ2v) is 7.73. The first-order valence-electron chi connectivity index (χ1n) is 11.0. The van der Waals surface area contributed by atoms with Crippen LogP contribution in [0.3, 0.4) is 0 Å². The zero-order valence-corrected chi connectivity index (χ0v) is 18.3. The van der Waals surface area contributed by atoms with Crippen molar-refractivity contribution in [3.63, 3.8) is 0 Å². The van der Waals surface area contributed by atoms with Gasteiger partial charge in [-0.2, -0.15) is 0 Å². The molecular formula is C26H27N3O4. The summed E-state index contributed by atoms with van der Waals surface area (Å²) in [7, 11) is 0. The van der Waals surface area contributed by atoms with E-state index in [0.29, 0.717) is 17.9 Å². The molecule has 1 aliphatic rings. The lowest BCUT2D eigenvalue weighted by Gasteiger charge is -2.27. The fraction of sp³-hybridized carbons (Fsp3) is 0.231. The highest BCUT2D eigenvalue weighted by Gasteiger charge is 2.17. The SMILES string of the molecule is O=C(NCc1ccccc1CN1CCOCC1)C(=Cc1ccco1)NC(=O)c1ccccc1. The number of hydrogen-bond donors (Lipinski definition) is 2. The third-order valence-corrected chi connectivity index (χ3v) is 5.41.